The molecule has 0 amide bonds. The van der Waals surface area contributed by atoms with Crippen LogP contribution < -0.4 is 5.73 Å². The van der Waals surface area contributed by atoms with Crippen LogP contribution in [0.4, 0.5) is 0 Å². The van der Waals surface area contributed by atoms with Crippen molar-refractivity contribution in [3.05, 3.63) is 0 Å². The van der Waals surface area contributed by atoms with E-state index in [1.54, 1.807) is 0 Å². The first kappa shape index (κ1) is 10.0. The smallest absolute Gasteiger partial charge is 0.408 e. The van der Waals surface area contributed by atoms with Gasteiger partial charge in [-0.25, -0.2) is 4.79 Å². The number of nitrogens with zero attached hydrogens (tertiary/aromatic N) is 1. The molecule has 3 N–H and O–H groups in total. The highest BCUT2D eigenvalue weighted by atomic mass is 16.4. The molecule has 0 aromatic rings. The topological polar surface area (TPSA) is 87.1 Å². The van der Waals surface area contributed by atoms with Crippen LogP contribution >= 0.6 is 0 Å². The van der Waals surface area contributed by atoms with Crippen molar-refractivity contribution in [1.82, 2.24) is 0 Å². The molecule has 0 aliphatic heterocycles. The number of carbonyl (C=O) groups is 1. The number of carboxylic acids is 1. The molecule has 0 bridgehead atoms. The van der Waals surface area contributed by atoms with Crippen LogP contribution in [0.3, 0.4) is 0 Å². The van der Waals surface area contributed by atoms with E-state index in [9.17, 15) is 0 Å². The van der Waals surface area contributed by atoms with Crippen molar-refractivity contribution in [3.8, 4) is 6.07 Å². The summed E-state index contributed by atoms with van der Waals surface area (Å²) in [7, 11) is 0. The molecular weight excluding hydrogens is 108 g/mol. The fourth-order valence-electron chi connectivity index (χ4n) is 0. The normalized spacial score (nSPS) is 5.62. The standard InChI is InChI=1S/C2HNO2.C2H7N/c3-1-2(4)5;1-2-3/h(H,4,5);2-3H2,1H3. The summed E-state index contributed by atoms with van der Waals surface area (Å²) in [5.41, 5.74) is 4.85. The van der Waals surface area contributed by atoms with Crippen LogP contribution in [0.15, 0.2) is 0 Å². The number of rotatable bonds is 0. The SMILES string of the molecule is CCN.N#CC(=O)O. The second-order valence-electron chi connectivity index (χ2n) is 0.825. The third-order valence-corrected chi connectivity index (χ3v) is 0.0956. The number of hydrogen-bond acceptors (Lipinski definition) is 3. The fourth-order valence-corrected chi connectivity index (χ4v) is 0. The lowest BCUT2D eigenvalue weighted by atomic mass is 10.8. The highest BCUT2D eigenvalue weighted by Crippen LogP contribution is 1.44. The molecule has 0 radical (unpaired) electrons. The molecule has 0 unspecified atom stereocenters. The van der Waals surface area contributed by atoms with Gasteiger partial charge in [0.15, 0.2) is 6.07 Å². The average Bonchev–Trinajstić information content (AvgIpc) is 1.69. The third kappa shape index (κ3) is 89.3. The van der Waals surface area contributed by atoms with Gasteiger partial charge >= 0.3 is 5.97 Å². The largest absolute Gasteiger partial charge is 0.470 e. The first-order chi connectivity index (χ1) is 3.68. The summed E-state index contributed by atoms with van der Waals surface area (Å²) in [6, 6.07) is 0.944. The Morgan fingerprint density at radius 2 is 2.12 bits per heavy atom. The Morgan fingerprint density at radius 1 is 2.00 bits per heavy atom. The molecule has 0 atom stereocenters. The molecule has 0 rings (SSSR count). The molecule has 0 saturated heterocycles. The highest BCUT2D eigenvalue weighted by molar-refractivity contribution is 5.83. The van der Waals surface area contributed by atoms with E-state index < -0.39 is 5.97 Å². The van der Waals surface area contributed by atoms with Gasteiger partial charge in [0.05, 0.1) is 0 Å². The second-order valence-corrected chi connectivity index (χ2v) is 0.825. The van der Waals surface area contributed by atoms with Crippen LogP contribution in [0.2, 0.25) is 0 Å². The van der Waals surface area contributed by atoms with Gasteiger partial charge in [-0.05, 0) is 6.54 Å². The molecule has 0 aliphatic carbocycles. The van der Waals surface area contributed by atoms with E-state index in [-0.39, 0.29) is 0 Å². The Morgan fingerprint density at radius 3 is 2.12 bits per heavy atom. The fraction of sp³-hybridized carbons (Fsp3) is 0.500. The van der Waals surface area contributed by atoms with Crippen molar-refractivity contribution in [2.24, 2.45) is 5.73 Å². The van der Waals surface area contributed by atoms with Crippen LogP contribution in [-0.2, 0) is 4.79 Å². The summed E-state index contributed by atoms with van der Waals surface area (Å²) in [5.74, 6) is -1.44. The maximum atomic E-state index is 9.01. The number of nitrogens with two attached hydrogens (primary N) is 1. The van der Waals surface area contributed by atoms with Crippen molar-refractivity contribution >= 4 is 5.97 Å². The first-order valence-corrected chi connectivity index (χ1v) is 2.02. The van der Waals surface area contributed by atoms with E-state index >= 15 is 0 Å². The van der Waals surface area contributed by atoms with Gasteiger partial charge in [-0.3, -0.25) is 0 Å². The third-order valence-electron chi connectivity index (χ3n) is 0.0956. The Labute approximate surface area is 47.5 Å². The molecule has 4 nitrogen and oxygen atoms in total. The molecule has 0 heterocycles. The van der Waals surface area contributed by atoms with Crippen LogP contribution in [-0.4, -0.2) is 17.6 Å². The molecule has 0 aliphatic rings. The van der Waals surface area contributed by atoms with Crippen molar-refractivity contribution in [1.29, 1.82) is 5.26 Å². The van der Waals surface area contributed by atoms with Crippen molar-refractivity contribution < 1.29 is 9.90 Å². The summed E-state index contributed by atoms with van der Waals surface area (Å²) in [4.78, 5) is 9.01. The summed E-state index contributed by atoms with van der Waals surface area (Å²) < 4.78 is 0. The van der Waals surface area contributed by atoms with E-state index in [1.165, 1.54) is 0 Å². The Kier molecular flexibility index (Phi) is 11.7. The lowest BCUT2D eigenvalue weighted by Crippen LogP contribution is -1.87. The molecule has 0 saturated carbocycles. The predicted octanol–water partition coefficient (Wildman–Crippen LogP) is -0.440. The molecule has 0 spiro atoms. The zero-order valence-electron chi connectivity index (χ0n) is 4.59. The van der Waals surface area contributed by atoms with Crippen LogP contribution in [0.25, 0.3) is 0 Å². The van der Waals surface area contributed by atoms with Crippen molar-refractivity contribution in [3.63, 3.8) is 0 Å². The zero-order valence-corrected chi connectivity index (χ0v) is 4.59. The summed E-state index contributed by atoms with van der Waals surface area (Å²) in [6.45, 7) is 2.65. The molecule has 8 heavy (non-hydrogen) atoms. The van der Waals surface area contributed by atoms with Crippen LogP contribution in [0.5, 0.6) is 0 Å². The lowest BCUT2D eigenvalue weighted by molar-refractivity contribution is -0.130. The number of carboxylic acid groups (broad SMARTS) is 1. The van der Waals surface area contributed by atoms with E-state index in [0.717, 1.165) is 12.6 Å². The number of hydrogen-bond donors (Lipinski definition) is 2. The maximum Gasteiger partial charge on any atom is 0.408 e. The van der Waals surface area contributed by atoms with Gasteiger partial charge in [0.2, 0.25) is 0 Å². The molecule has 0 fully saturated rings. The average molecular weight is 116 g/mol. The molecular formula is C4H8N2O2. The number of nitriles is 1. The molecule has 4 heteroatoms. The molecule has 0 aromatic carbocycles. The van der Waals surface area contributed by atoms with Crippen molar-refractivity contribution in [2.45, 2.75) is 6.92 Å². The minimum Gasteiger partial charge on any atom is -0.470 e. The Hall–Kier alpha value is -1.08. The Bertz CT molecular complexity index is 94.7. The number of aliphatic carboxylic acids is 1. The first-order valence-electron chi connectivity index (χ1n) is 2.02. The van der Waals surface area contributed by atoms with E-state index in [1.807, 2.05) is 6.92 Å². The van der Waals surface area contributed by atoms with Crippen LogP contribution in [0, 0.1) is 11.3 Å². The van der Waals surface area contributed by atoms with Crippen LogP contribution in [0.1, 0.15) is 6.92 Å². The summed E-state index contributed by atoms with van der Waals surface area (Å²) in [6.07, 6.45) is 0. The predicted molar refractivity (Wildman–Crippen MR) is 28.0 cm³/mol. The van der Waals surface area contributed by atoms with Gasteiger partial charge in [0.1, 0.15) is 0 Å². The van der Waals surface area contributed by atoms with Gasteiger partial charge in [0, 0.05) is 0 Å². The summed E-state index contributed by atoms with van der Waals surface area (Å²) in [5, 5.41) is 14.7. The minimum atomic E-state index is -1.44. The summed E-state index contributed by atoms with van der Waals surface area (Å²) >= 11 is 0. The quantitative estimate of drug-likeness (QED) is 0.331. The van der Waals surface area contributed by atoms with E-state index in [0.29, 0.717) is 0 Å². The highest BCUT2D eigenvalue weighted by Gasteiger charge is 1.79. The van der Waals surface area contributed by atoms with Gasteiger partial charge in [0.25, 0.3) is 0 Å². The van der Waals surface area contributed by atoms with E-state index in [2.05, 4.69) is 0 Å². The van der Waals surface area contributed by atoms with Gasteiger partial charge in [-0.15, -0.1) is 0 Å². The Balaban J connectivity index is 0. The van der Waals surface area contributed by atoms with Crippen molar-refractivity contribution in [2.75, 3.05) is 6.54 Å². The van der Waals surface area contributed by atoms with Gasteiger partial charge in [-0.1, -0.05) is 6.92 Å². The second kappa shape index (κ2) is 9.33. The maximum absolute atomic E-state index is 9.01. The van der Waals surface area contributed by atoms with E-state index in [4.69, 9.17) is 20.9 Å². The lowest BCUT2D eigenvalue weighted by Gasteiger charge is -1.56. The monoisotopic (exact) mass is 116 g/mol. The van der Waals surface area contributed by atoms with Gasteiger partial charge < -0.3 is 10.8 Å². The minimum absolute atomic E-state index is 0.750. The molecule has 0 aromatic heterocycles. The zero-order chi connectivity index (χ0) is 6.99. The van der Waals surface area contributed by atoms with Gasteiger partial charge in [-0.2, -0.15) is 5.26 Å². The molecule has 46 valence electrons.